The Kier molecular flexibility index (Phi) is 4.15. The molecule has 28 heavy (non-hydrogen) atoms. The smallest absolute Gasteiger partial charge is 0.0977 e. The molecule has 0 atom stereocenters. The largest absolute Gasteiger partial charge is 0.252 e. The number of rotatable bonds is 3. The fraction of sp³-hybridized carbons (Fsp3) is 0. The summed E-state index contributed by atoms with van der Waals surface area (Å²) in [5.74, 6) is 0. The molecule has 0 radical (unpaired) electrons. The Morgan fingerprint density at radius 3 is 1.46 bits per heavy atom. The van der Waals surface area contributed by atoms with Gasteiger partial charge in [-0.2, -0.15) is 0 Å². The molecule has 0 saturated carbocycles. The molecule has 2 heteroatoms. The van der Waals surface area contributed by atoms with Gasteiger partial charge >= 0.3 is 0 Å². The lowest BCUT2D eigenvalue weighted by Gasteiger charge is -2.16. The lowest BCUT2D eigenvalue weighted by atomic mass is 9.89. The summed E-state index contributed by atoms with van der Waals surface area (Å²) in [5.41, 5.74) is 8.69. The van der Waals surface area contributed by atoms with Crippen molar-refractivity contribution in [3.8, 4) is 33.4 Å². The molecule has 132 valence electrons. The van der Waals surface area contributed by atoms with Crippen molar-refractivity contribution in [2.24, 2.45) is 0 Å². The second kappa shape index (κ2) is 7.09. The highest BCUT2D eigenvalue weighted by molar-refractivity contribution is 6.07. The highest BCUT2D eigenvalue weighted by Crippen LogP contribution is 2.41. The Balaban J connectivity index is 1.93. The molecule has 0 fully saturated rings. The molecule has 0 spiro atoms. The van der Waals surface area contributed by atoms with Crippen LogP contribution in [0.3, 0.4) is 0 Å². The van der Waals surface area contributed by atoms with Gasteiger partial charge in [-0.15, -0.1) is 0 Å². The van der Waals surface area contributed by atoms with Crippen LogP contribution in [0.1, 0.15) is 0 Å². The minimum atomic E-state index is 0.923. The summed E-state index contributed by atoms with van der Waals surface area (Å²) in [6.07, 6.45) is 3.55. The van der Waals surface area contributed by atoms with E-state index in [0.29, 0.717) is 0 Å². The normalized spacial score (nSPS) is 10.9. The number of aromatic nitrogens is 2. The Morgan fingerprint density at radius 2 is 0.893 bits per heavy atom. The first-order valence-corrected chi connectivity index (χ1v) is 9.36. The summed E-state index contributed by atoms with van der Waals surface area (Å²) in [6, 6.07) is 33.6. The number of benzene rings is 4. The summed E-state index contributed by atoms with van der Waals surface area (Å²) >= 11 is 0. The quantitative estimate of drug-likeness (QED) is 0.362. The molecule has 4 aromatic carbocycles. The van der Waals surface area contributed by atoms with E-state index in [4.69, 9.17) is 9.97 Å². The summed E-state index contributed by atoms with van der Waals surface area (Å²) in [6.45, 7) is 0. The van der Waals surface area contributed by atoms with E-state index < -0.39 is 0 Å². The number of fused-ring (bicyclic) bond motifs is 1. The molecule has 5 rings (SSSR count). The third kappa shape index (κ3) is 2.85. The van der Waals surface area contributed by atoms with Crippen molar-refractivity contribution in [3.05, 3.63) is 109 Å². The molecule has 0 saturated heterocycles. The highest BCUT2D eigenvalue weighted by atomic mass is 14.8. The first-order valence-electron chi connectivity index (χ1n) is 9.36. The van der Waals surface area contributed by atoms with Gasteiger partial charge < -0.3 is 0 Å². The molecule has 1 aromatic heterocycles. The molecule has 1 heterocycles. The van der Waals surface area contributed by atoms with Gasteiger partial charge in [-0.3, -0.25) is 9.97 Å². The molecule has 0 bridgehead atoms. The summed E-state index contributed by atoms with van der Waals surface area (Å²) in [4.78, 5) is 9.48. The van der Waals surface area contributed by atoms with Gasteiger partial charge in [0.15, 0.2) is 0 Å². The fourth-order valence-electron chi connectivity index (χ4n) is 3.71. The van der Waals surface area contributed by atoms with Crippen LogP contribution in [0.4, 0.5) is 0 Å². The monoisotopic (exact) mass is 358 g/mol. The maximum absolute atomic E-state index is 4.77. The van der Waals surface area contributed by atoms with Gasteiger partial charge in [0.05, 0.1) is 11.0 Å². The first kappa shape index (κ1) is 16.4. The molecule has 0 aliphatic rings. The van der Waals surface area contributed by atoms with E-state index in [1.807, 2.05) is 18.2 Å². The summed E-state index contributed by atoms with van der Waals surface area (Å²) < 4.78 is 0. The molecule has 5 aromatic rings. The predicted octanol–water partition coefficient (Wildman–Crippen LogP) is 6.63. The van der Waals surface area contributed by atoms with E-state index in [9.17, 15) is 0 Å². The molecular formula is C26H18N2. The minimum absolute atomic E-state index is 0.923. The molecule has 0 unspecified atom stereocenters. The van der Waals surface area contributed by atoms with Crippen molar-refractivity contribution < 1.29 is 0 Å². The highest BCUT2D eigenvalue weighted by Gasteiger charge is 2.17. The van der Waals surface area contributed by atoms with Gasteiger partial charge in [-0.1, -0.05) is 91.0 Å². The van der Waals surface area contributed by atoms with Crippen LogP contribution in [0.2, 0.25) is 0 Å². The van der Waals surface area contributed by atoms with Crippen molar-refractivity contribution in [1.82, 2.24) is 9.97 Å². The standard InChI is InChI=1S/C26H18N2/c1-4-10-19(11-5-1)22-18-23(20-12-6-2-7-13-20)25-26(28-17-16-27-25)24(22)21-14-8-3-9-15-21/h1-18H. The zero-order chi connectivity index (χ0) is 18.8. The number of hydrogen-bond acceptors (Lipinski definition) is 2. The second-order valence-electron chi connectivity index (χ2n) is 6.70. The van der Waals surface area contributed by atoms with E-state index in [1.54, 1.807) is 12.4 Å². The number of nitrogens with zero attached hydrogens (tertiary/aromatic N) is 2. The van der Waals surface area contributed by atoms with Crippen LogP contribution in [0, 0.1) is 0 Å². The van der Waals surface area contributed by atoms with Crippen LogP contribution < -0.4 is 0 Å². The third-order valence-electron chi connectivity index (χ3n) is 4.98. The summed E-state index contributed by atoms with van der Waals surface area (Å²) in [5, 5.41) is 0. The Morgan fingerprint density at radius 1 is 0.429 bits per heavy atom. The lowest BCUT2D eigenvalue weighted by Crippen LogP contribution is -1.95. The lowest BCUT2D eigenvalue weighted by molar-refractivity contribution is 1.29. The van der Waals surface area contributed by atoms with E-state index in [0.717, 1.165) is 33.3 Å². The van der Waals surface area contributed by atoms with Gasteiger partial charge in [-0.25, -0.2) is 0 Å². The fourth-order valence-corrected chi connectivity index (χ4v) is 3.71. The van der Waals surface area contributed by atoms with Crippen LogP contribution >= 0.6 is 0 Å². The predicted molar refractivity (Wildman–Crippen MR) is 116 cm³/mol. The van der Waals surface area contributed by atoms with Gasteiger partial charge in [-0.05, 0) is 28.3 Å². The van der Waals surface area contributed by atoms with Gasteiger partial charge in [0, 0.05) is 23.5 Å². The molecule has 0 aliphatic carbocycles. The van der Waals surface area contributed by atoms with Crippen LogP contribution in [0.25, 0.3) is 44.4 Å². The van der Waals surface area contributed by atoms with Crippen molar-refractivity contribution in [2.75, 3.05) is 0 Å². The van der Waals surface area contributed by atoms with Gasteiger partial charge in [0.1, 0.15) is 0 Å². The third-order valence-corrected chi connectivity index (χ3v) is 4.98. The Hall–Kier alpha value is -3.78. The zero-order valence-electron chi connectivity index (χ0n) is 15.3. The maximum Gasteiger partial charge on any atom is 0.0977 e. The van der Waals surface area contributed by atoms with Crippen molar-refractivity contribution in [2.45, 2.75) is 0 Å². The SMILES string of the molecule is c1ccc(-c2cc(-c3ccccc3)c3nccnc3c2-c2ccccc2)cc1. The van der Waals surface area contributed by atoms with E-state index in [2.05, 4.69) is 78.9 Å². The van der Waals surface area contributed by atoms with Crippen molar-refractivity contribution >= 4 is 11.0 Å². The second-order valence-corrected chi connectivity index (χ2v) is 6.70. The van der Waals surface area contributed by atoms with Crippen LogP contribution in [-0.4, -0.2) is 9.97 Å². The van der Waals surface area contributed by atoms with Crippen LogP contribution in [0.5, 0.6) is 0 Å². The molecule has 0 amide bonds. The van der Waals surface area contributed by atoms with Crippen LogP contribution in [-0.2, 0) is 0 Å². The Labute approximate surface area is 164 Å². The van der Waals surface area contributed by atoms with Crippen LogP contribution in [0.15, 0.2) is 109 Å². The molecule has 0 N–H and O–H groups in total. The average molecular weight is 358 g/mol. The van der Waals surface area contributed by atoms with Crippen molar-refractivity contribution in [1.29, 1.82) is 0 Å². The van der Waals surface area contributed by atoms with Crippen molar-refractivity contribution in [3.63, 3.8) is 0 Å². The van der Waals surface area contributed by atoms with E-state index in [1.165, 1.54) is 11.1 Å². The summed E-state index contributed by atoms with van der Waals surface area (Å²) in [7, 11) is 0. The minimum Gasteiger partial charge on any atom is -0.252 e. The van der Waals surface area contributed by atoms with E-state index >= 15 is 0 Å². The van der Waals surface area contributed by atoms with E-state index in [-0.39, 0.29) is 0 Å². The molecule has 2 nitrogen and oxygen atoms in total. The topological polar surface area (TPSA) is 25.8 Å². The number of hydrogen-bond donors (Lipinski definition) is 0. The first-order chi connectivity index (χ1) is 13.9. The molecule has 0 aliphatic heterocycles. The Bertz CT molecular complexity index is 1230. The van der Waals surface area contributed by atoms with Gasteiger partial charge in [0.2, 0.25) is 0 Å². The average Bonchev–Trinajstić information content (AvgIpc) is 2.80. The maximum atomic E-state index is 4.77. The van der Waals surface area contributed by atoms with Gasteiger partial charge in [0.25, 0.3) is 0 Å². The zero-order valence-corrected chi connectivity index (χ0v) is 15.3. The molecular weight excluding hydrogens is 340 g/mol.